The Morgan fingerprint density at radius 3 is 1.83 bits per heavy atom. The second-order valence-electron chi connectivity index (χ2n) is 2.94. The fraction of sp³-hybridized carbons (Fsp3) is 0.333. The van der Waals surface area contributed by atoms with Gasteiger partial charge in [0.2, 0.25) is 0 Å². The Bertz CT molecular complexity index is 225. The van der Waals surface area contributed by atoms with Crippen LogP contribution in [0.3, 0.4) is 0 Å². The molecule has 0 aliphatic heterocycles. The molecule has 1 aliphatic carbocycles. The third-order valence-electron chi connectivity index (χ3n) is 2.08. The molecule has 0 amide bonds. The van der Waals surface area contributed by atoms with E-state index in [-0.39, 0.29) is 24.8 Å². The Hall–Kier alpha value is -0.240. The van der Waals surface area contributed by atoms with Gasteiger partial charge >= 0.3 is 0 Å². The van der Waals surface area contributed by atoms with Gasteiger partial charge in [0.1, 0.15) is 0 Å². The molecule has 1 nitrogen and oxygen atoms in total. The number of benzene rings is 1. The molecule has 2 rings (SSSR count). The summed E-state index contributed by atoms with van der Waals surface area (Å²) in [4.78, 5) is 0. The van der Waals surface area contributed by atoms with Gasteiger partial charge in [-0.1, -0.05) is 24.3 Å². The zero-order valence-corrected chi connectivity index (χ0v) is 8.33. The highest BCUT2D eigenvalue weighted by Gasteiger charge is 2.15. The smallest absolute Gasteiger partial charge is 0.0120 e. The first-order chi connectivity index (χ1) is 4.86. The minimum Gasteiger partial charge on any atom is -0.327 e. The average Bonchev–Trinajstić information content (AvgIpc) is 2.27. The molecule has 1 aromatic rings. The summed E-state index contributed by atoms with van der Waals surface area (Å²) in [5, 5.41) is 0. The van der Waals surface area contributed by atoms with Gasteiger partial charge < -0.3 is 5.73 Å². The Labute approximate surface area is 85.2 Å². The molecule has 0 unspecified atom stereocenters. The van der Waals surface area contributed by atoms with E-state index in [4.69, 9.17) is 5.73 Å². The maximum absolute atomic E-state index is 5.78. The second kappa shape index (κ2) is 4.70. The molecular formula is C9H13Cl2N. The molecule has 1 aliphatic rings. The molecular weight excluding hydrogens is 193 g/mol. The quantitative estimate of drug-likeness (QED) is 0.689. The van der Waals surface area contributed by atoms with Crippen LogP contribution in [0.4, 0.5) is 0 Å². The number of halogens is 2. The summed E-state index contributed by atoms with van der Waals surface area (Å²) in [5.74, 6) is 0. The maximum Gasteiger partial charge on any atom is 0.0120 e. The van der Waals surface area contributed by atoms with E-state index in [1.54, 1.807) is 0 Å². The lowest BCUT2D eigenvalue weighted by molar-refractivity contribution is 0.721. The highest BCUT2D eigenvalue weighted by atomic mass is 35.5. The number of rotatable bonds is 0. The van der Waals surface area contributed by atoms with Crippen molar-refractivity contribution in [3.05, 3.63) is 35.4 Å². The highest BCUT2D eigenvalue weighted by molar-refractivity contribution is 5.85. The average molecular weight is 206 g/mol. The molecule has 68 valence electrons. The summed E-state index contributed by atoms with van der Waals surface area (Å²) < 4.78 is 0. The van der Waals surface area contributed by atoms with Crippen LogP contribution in [0, 0.1) is 0 Å². The van der Waals surface area contributed by atoms with Gasteiger partial charge in [0.05, 0.1) is 0 Å². The van der Waals surface area contributed by atoms with Crippen LogP contribution in [0.1, 0.15) is 11.1 Å². The molecule has 0 atom stereocenters. The van der Waals surface area contributed by atoms with Gasteiger partial charge in [-0.2, -0.15) is 0 Å². The summed E-state index contributed by atoms with van der Waals surface area (Å²) in [7, 11) is 0. The molecule has 0 saturated carbocycles. The molecule has 1 aromatic carbocycles. The molecule has 0 saturated heterocycles. The fourth-order valence-electron chi connectivity index (χ4n) is 1.59. The Morgan fingerprint density at radius 2 is 1.42 bits per heavy atom. The number of hydrogen-bond donors (Lipinski definition) is 1. The third-order valence-corrected chi connectivity index (χ3v) is 2.08. The first kappa shape index (κ1) is 11.8. The van der Waals surface area contributed by atoms with E-state index in [2.05, 4.69) is 24.3 Å². The zero-order valence-electron chi connectivity index (χ0n) is 6.69. The predicted octanol–water partition coefficient (Wildman–Crippen LogP) is 1.96. The monoisotopic (exact) mass is 205 g/mol. The number of hydrogen-bond acceptors (Lipinski definition) is 1. The van der Waals surface area contributed by atoms with E-state index in [9.17, 15) is 0 Å². The van der Waals surface area contributed by atoms with Crippen LogP contribution in [-0.4, -0.2) is 6.04 Å². The second-order valence-corrected chi connectivity index (χ2v) is 2.94. The van der Waals surface area contributed by atoms with Crippen LogP contribution in [0.15, 0.2) is 24.3 Å². The van der Waals surface area contributed by atoms with Crippen molar-refractivity contribution >= 4 is 24.8 Å². The molecule has 0 spiro atoms. The molecule has 0 bridgehead atoms. The standard InChI is InChI=1S/C9H11N.2ClH/c10-9-5-7-3-1-2-4-8(7)6-9;;/h1-4,9H,5-6,10H2;2*1H. The molecule has 0 fully saturated rings. The molecule has 0 aromatic heterocycles. The van der Waals surface area contributed by atoms with Crippen molar-refractivity contribution in [3.63, 3.8) is 0 Å². The first-order valence-electron chi connectivity index (χ1n) is 3.68. The van der Waals surface area contributed by atoms with E-state index in [0.29, 0.717) is 6.04 Å². The SMILES string of the molecule is Cl.Cl.NC1Cc2ccccc2C1. The van der Waals surface area contributed by atoms with E-state index in [1.165, 1.54) is 11.1 Å². The van der Waals surface area contributed by atoms with Gasteiger partial charge in [0, 0.05) is 6.04 Å². The summed E-state index contributed by atoms with van der Waals surface area (Å²) in [6.45, 7) is 0. The minimum atomic E-state index is 0. The van der Waals surface area contributed by atoms with Crippen molar-refractivity contribution in [2.24, 2.45) is 5.73 Å². The van der Waals surface area contributed by atoms with Crippen molar-refractivity contribution in [1.82, 2.24) is 0 Å². The van der Waals surface area contributed by atoms with Crippen molar-refractivity contribution in [2.45, 2.75) is 18.9 Å². The van der Waals surface area contributed by atoms with Gasteiger partial charge in [0.25, 0.3) is 0 Å². The topological polar surface area (TPSA) is 26.0 Å². The Balaban J connectivity index is 0.000000605. The van der Waals surface area contributed by atoms with E-state index < -0.39 is 0 Å². The zero-order chi connectivity index (χ0) is 6.97. The normalized spacial score (nSPS) is 14.4. The number of fused-ring (bicyclic) bond motifs is 1. The first-order valence-corrected chi connectivity index (χ1v) is 3.68. The summed E-state index contributed by atoms with van der Waals surface area (Å²) in [6.07, 6.45) is 2.13. The molecule has 0 heterocycles. The van der Waals surface area contributed by atoms with Gasteiger partial charge in [-0.25, -0.2) is 0 Å². The van der Waals surface area contributed by atoms with Crippen LogP contribution < -0.4 is 5.73 Å². The lowest BCUT2D eigenvalue weighted by Crippen LogP contribution is -2.18. The van der Waals surface area contributed by atoms with Crippen LogP contribution in [0.5, 0.6) is 0 Å². The van der Waals surface area contributed by atoms with E-state index in [1.807, 2.05) is 0 Å². The lowest BCUT2D eigenvalue weighted by Gasteiger charge is -1.94. The maximum atomic E-state index is 5.78. The van der Waals surface area contributed by atoms with Crippen LogP contribution in [0.25, 0.3) is 0 Å². The third kappa shape index (κ3) is 2.13. The van der Waals surface area contributed by atoms with Crippen LogP contribution in [0.2, 0.25) is 0 Å². The highest BCUT2D eigenvalue weighted by Crippen LogP contribution is 2.19. The summed E-state index contributed by atoms with van der Waals surface area (Å²) in [6, 6.07) is 8.87. The van der Waals surface area contributed by atoms with Crippen molar-refractivity contribution in [1.29, 1.82) is 0 Å². The van der Waals surface area contributed by atoms with Crippen molar-refractivity contribution < 1.29 is 0 Å². The Morgan fingerprint density at radius 1 is 1.00 bits per heavy atom. The largest absolute Gasteiger partial charge is 0.327 e. The van der Waals surface area contributed by atoms with Crippen LogP contribution >= 0.6 is 24.8 Å². The summed E-state index contributed by atoms with van der Waals surface area (Å²) in [5.41, 5.74) is 8.66. The lowest BCUT2D eigenvalue weighted by atomic mass is 10.1. The molecule has 12 heavy (non-hydrogen) atoms. The van der Waals surface area contributed by atoms with Gasteiger partial charge in [-0.15, -0.1) is 24.8 Å². The van der Waals surface area contributed by atoms with Gasteiger partial charge in [-0.3, -0.25) is 0 Å². The fourth-order valence-corrected chi connectivity index (χ4v) is 1.59. The summed E-state index contributed by atoms with van der Waals surface area (Å²) >= 11 is 0. The molecule has 3 heteroatoms. The molecule has 2 N–H and O–H groups in total. The van der Waals surface area contributed by atoms with Gasteiger partial charge in [0.15, 0.2) is 0 Å². The van der Waals surface area contributed by atoms with E-state index in [0.717, 1.165) is 12.8 Å². The minimum absolute atomic E-state index is 0. The van der Waals surface area contributed by atoms with Crippen molar-refractivity contribution in [2.75, 3.05) is 0 Å². The predicted molar refractivity (Wildman–Crippen MR) is 56.3 cm³/mol. The van der Waals surface area contributed by atoms with Crippen molar-refractivity contribution in [3.8, 4) is 0 Å². The van der Waals surface area contributed by atoms with Crippen LogP contribution in [-0.2, 0) is 12.8 Å². The van der Waals surface area contributed by atoms with E-state index >= 15 is 0 Å². The number of nitrogens with two attached hydrogens (primary N) is 1. The molecule has 0 radical (unpaired) electrons. The van der Waals surface area contributed by atoms with Gasteiger partial charge in [-0.05, 0) is 24.0 Å². The Kier molecular flexibility index (Phi) is 4.61.